The van der Waals surface area contributed by atoms with Crippen molar-refractivity contribution in [1.82, 2.24) is 0 Å². The van der Waals surface area contributed by atoms with Crippen LogP contribution in [0.2, 0.25) is 0 Å². The highest BCUT2D eigenvalue weighted by molar-refractivity contribution is 6.14. The van der Waals surface area contributed by atoms with E-state index in [2.05, 4.69) is 5.10 Å². The number of hydrogen-bond donors (Lipinski definition) is 1. The molecule has 0 aromatic heterocycles. The number of rotatable bonds is 2. The summed E-state index contributed by atoms with van der Waals surface area (Å²) in [5, 5.41) is 14.2. The Labute approximate surface area is 98.4 Å². The van der Waals surface area contributed by atoms with Gasteiger partial charge in [-0.2, -0.15) is 5.10 Å². The first-order valence-electron chi connectivity index (χ1n) is 5.23. The van der Waals surface area contributed by atoms with E-state index in [1.807, 2.05) is 0 Å². The van der Waals surface area contributed by atoms with Gasteiger partial charge in [0, 0.05) is 5.71 Å². The molecular formula is C12H12N2O3. The van der Waals surface area contributed by atoms with Crippen molar-refractivity contribution in [2.24, 2.45) is 11.0 Å². The maximum absolute atomic E-state index is 11.8. The van der Waals surface area contributed by atoms with Gasteiger partial charge in [0.25, 0.3) is 5.91 Å². The third kappa shape index (κ3) is 1.91. The van der Waals surface area contributed by atoms with E-state index in [-0.39, 0.29) is 17.4 Å². The fourth-order valence-corrected chi connectivity index (χ4v) is 1.59. The van der Waals surface area contributed by atoms with Crippen LogP contribution >= 0.6 is 0 Å². The van der Waals surface area contributed by atoms with E-state index >= 15 is 0 Å². The van der Waals surface area contributed by atoms with Crippen molar-refractivity contribution < 1.29 is 14.7 Å². The number of nitrogens with zero attached hydrogens (tertiary/aromatic N) is 2. The number of carbonyl (C=O) groups is 2. The molecule has 1 aromatic rings. The average Bonchev–Trinajstić information content (AvgIpc) is 2.57. The number of carbonyl (C=O) groups excluding carboxylic acids is 1. The molecule has 0 saturated carbocycles. The van der Waals surface area contributed by atoms with Crippen LogP contribution in [-0.2, 0) is 4.79 Å². The molecule has 5 nitrogen and oxygen atoms in total. The molecule has 1 amide bonds. The van der Waals surface area contributed by atoms with Gasteiger partial charge < -0.3 is 5.11 Å². The van der Waals surface area contributed by atoms with E-state index in [0.29, 0.717) is 5.69 Å². The molecule has 17 heavy (non-hydrogen) atoms. The second kappa shape index (κ2) is 4.01. The molecule has 1 unspecified atom stereocenters. The summed E-state index contributed by atoms with van der Waals surface area (Å²) >= 11 is 0. The monoisotopic (exact) mass is 232 g/mol. The van der Waals surface area contributed by atoms with Crippen molar-refractivity contribution >= 4 is 23.3 Å². The van der Waals surface area contributed by atoms with Gasteiger partial charge in [-0.05, 0) is 38.1 Å². The Morgan fingerprint density at radius 2 is 1.94 bits per heavy atom. The molecular weight excluding hydrogens is 220 g/mol. The first-order valence-corrected chi connectivity index (χ1v) is 5.23. The Kier molecular flexibility index (Phi) is 2.67. The summed E-state index contributed by atoms with van der Waals surface area (Å²) in [6.45, 7) is 3.60. The number of hydrogen-bond acceptors (Lipinski definition) is 3. The minimum atomic E-state index is -0.989. The number of aromatic carboxylic acids is 1. The van der Waals surface area contributed by atoms with Crippen LogP contribution in [-0.4, -0.2) is 22.7 Å². The molecule has 88 valence electrons. The molecule has 0 aliphatic carbocycles. The molecule has 0 spiro atoms. The summed E-state index contributed by atoms with van der Waals surface area (Å²) in [6.07, 6.45) is 0. The van der Waals surface area contributed by atoms with E-state index in [0.717, 1.165) is 5.71 Å². The lowest BCUT2D eigenvalue weighted by atomic mass is 10.1. The second-order valence-electron chi connectivity index (χ2n) is 3.97. The topological polar surface area (TPSA) is 70.0 Å². The largest absolute Gasteiger partial charge is 0.478 e. The molecule has 0 radical (unpaired) electrons. The van der Waals surface area contributed by atoms with Crippen LogP contribution in [0.4, 0.5) is 5.69 Å². The SMILES string of the molecule is CC1=NN(c2ccc(C(=O)O)cc2)C(=O)C1C. The van der Waals surface area contributed by atoms with Gasteiger partial charge in [0.2, 0.25) is 0 Å². The third-order valence-corrected chi connectivity index (χ3v) is 2.82. The van der Waals surface area contributed by atoms with E-state index in [4.69, 9.17) is 5.11 Å². The van der Waals surface area contributed by atoms with Crippen LogP contribution in [0.25, 0.3) is 0 Å². The molecule has 0 fully saturated rings. The normalized spacial score (nSPS) is 19.4. The maximum Gasteiger partial charge on any atom is 0.335 e. The minimum Gasteiger partial charge on any atom is -0.478 e. The standard InChI is InChI=1S/C12H12N2O3/c1-7-8(2)13-14(11(7)15)10-5-3-9(4-6-10)12(16)17/h3-7H,1-2H3,(H,16,17). The van der Waals surface area contributed by atoms with Gasteiger partial charge in [-0.15, -0.1) is 0 Å². The molecule has 1 aliphatic heterocycles. The summed E-state index contributed by atoms with van der Waals surface area (Å²) in [7, 11) is 0. The van der Waals surface area contributed by atoms with E-state index in [9.17, 15) is 9.59 Å². The highest BCUT2D eigenvalue weighted by atomic mass is 16.4. The van der Waals surface area contributed by atoms with Crippen molar-refractivity contribution in [1.29, 1.82) is 0 Å². The third-order valence-electron chi connectivity index (χ3n) is 2.82. The predicted octanol–water partition coefficient (Wildman–Crippen LogP) is 1.74. The molecule has 1 N–H and O–H groups in total. The van der Waals surface area contributed by atoms with Crippen molar-refractivity contribution in [2.45, 2.75) is 13.8 Å². The van der Waals surface area contributed by atoms with Crippen molar-refractivity contribution in [3.05, 3.63) is 29.8 Å². The number of carboxylic acids is 1. The Balaban J connectivity index is 2.30. The molecule has 0 bridgehead atoms. The zero-order chi connectivity index (χ0) is 12.6. The fourth-order valence-electron chi connectivity index (χ4n) is 1.59. The molecule has 1 aliphatic rings. The van der Waals surface area contributed by atoms with Crippen molar-refractivity contribution in [3.63, 3.8) is 0 Å². The Hall–Kier alpha value is -2.17. The Bertz CT molecular complexity index is 505. The minimum absolute atomic E-state index is 0.0921. The summed E-state index contributed by atoms with van der Waals surface area (Å²) < 4.78 is 0. The first-order chi connectivity index (χ1) is 8.00. The molecule has 0 saturated heterocycles. The maximum atomic E-state index is 11.8. The zero-order valence-corrected chi connectivity index (χ0v) is 9.54. The Morgan fingerprint density at radius 1 is 1.35 bits per heavy atom. The molecule has 2 rings (SSSR count). The fraction of sp³-hybridized carbons (Fsp3) is 0.250. The van der Waals surface area contributed by atoms with Crippen LogP contribution in [0, 0.1) is 5.92 Å². The second-order valence-corrected chi connectivity index (χ2v) is 3.97. The lowest BCUT2D eigenvalue weighted by Gasteiger charge is -2.12. The lowest BCUT2D eigenvalue weighted by Crippen LogP contribution is -2.25. The smallest absolute Gasteiger partial charge is 0.335 e. The predicted molar refractivity (Wildman–Crippen MR) is 63.2 cm³/mol. The number of hydrazone groups is 1. The van der Waals surface area contributed by atoms with Crippen molar-refractivity contribution in [2.75, 3.05) is 5.01 Å². The number of anilines is 1. The molecule has 5 heteroatoms. The molecule has 1 aromatic carbocycles. The van der Waals surface area contributed by atoms with E-state index < -0.39 is 5.97 Å². The Morgan fingerprint density at radius 3 is 2.35 bits per heavy atom. The quantitative estimate of drug-likeness (QED) is 0.844. The van der Waals surface area contributed by atoms with Crippen LogP contribution < -0.4 is 5.01 Å². The molecule has 1 atom stereocenters. The van der Waals surface area contributed by atoms with Gasteiger partial charge in [0.1, 0.15) is 0 Å². The van der Waals surface area contributed by atoms with Crippen LogP contribution in [0.1, 0.15) is 24.2 Å². The van der Waals surface area contributed by atoms with Gasteiger partial charge in [-0.25, -0.2) is 9.80 Å². The van der Waals surface area contributed by atoms with Crippen LogP contribution in [0.15, 0.2) is 29.4 Å². The van der Waals surface area contributed by atoms with Crippen molar-refractivity contribution in [3.8, 4) is 0 Å². The zero-order valence-electron chi connectivity index (χ0n) is 9.54. The lowest BCUT2D eigenvalue weighted by molar-refractivity contribution is -0.119. The molecule has 1 heterocycles. The summed E-state index contributed by atoms with van der Waals surface area (Å²) in [5.41, 5.74) is 1.54. The van der Waals surface area contributed by atoms with Crippen LogP contribution in [0.5, 0.6) is 0 Å². The van der Waals surface area contributed by atoms with E-state index in [1.54, 1.807) is 26.0 Å². The van der Waals surface area contributed by atoms with Gasteiger partial charge in [0.15, 0.2) is 0 Å². The van der Waals surface area contributed by atoms with Gasteiger partial charge in [-0.3, -0.25) is 4.79 Å². The summed E-state index contributed by atoms with van der Waals surface area (Å²) in [6, 6.07) is 6.07. The highest BCUT2D eigenvalue weighted by Gasteiger charge is 2.30. The van der Waals surface area contributed by atoms with Gasteiger partial charge in [0.05, 0.1) is 17.2 Å². The number of benzene rings is 1. The average molecular weight is 232 g/mol. The number of amides is 1. The first kappa shape index (κ1) is 11.3. The van der Waals surface area contributed by atoms with E-state index in [1.165, 1.54) is 17.1 Å². The highest BCUT2D eigenvalue weighted by Crippen LogP contribution is 2.23. The number of carboxylic acid groups (broad SMARTS) is 1. The summed E-state index contributed by atoms with van der Waals surface area (Å²) in [5.74, 6) is -1.29. The van der Waals surface area contributed by atoms with Gasteiger partial charge >= 0.3 is 5.97 Å². The van der Waals surface area contributed by atoms with Crippen LogP contribution in [0.3, 0.4) is 0 Å². The summed E-state index contributed by atoms with van der Waals surface area (Å²) in [4.78, 5) is 22.5. The van der Waals surface area contributed by atoms with Gasteiger partial charge in [-0.1, -0.05) is 0 Å².